The molecule has 0 amide bonds. The van der Waals surface area contributed by atoms with Crippen molar-refractivity contribution in [1.29, 1.82) is 0 Å². The van der Waals surface area contributed by atoms with E-state index in [1.54, 1.807) is 0 Å². The maximum atomic E-state index is 11.4. The zero-order valence-corrected chi connectivity index (χ0v) is 8.69. The monoisotopic (exact) mass is 204 g/mol. The summed E-state index contributed by atoms with van der Waals surface area (Å²) in [6, 6.07) is 9.33. The fraction of sp³-hybridized carbons (Fsp3) is 0.333. The van der Waals surface area contributed by atoms with Crippen LogP contribution in [0.25, 0.3) is 0 Å². The minimum Gasteiger partial charge on any atom is -0.344 e. The van der Waals surface area contributed by atoms with Crippen LogP contribution in [0.1, 0.15) is 25.5 Å². The second kappa shape index (κ2) is 3.28. The van der Waals surface area contributed by atoms with Gasteiger partial charge in [0, 0.05) is 0 Å². The van der Waals surface area contributed by atoms with E-state index in [1.165, 1.54) is 13.8 Å². The van der Waals surface area contributed by atoms with Crippen molar-refractivity contribution in [3.63, 3.8) is 0 Å². The number of hydrogen-bond donors (Lipinski definition) is 0. The van der Waals surface area contributed by atoms with Crippen LogP contribution >= 0.6 is 0 Å². The van der Waals surface area contributed by atoms with Crippen LogP contribution in [-0.4, -0.2) is 17.2 Å². The highest BCUT2D eigenvalue weighted by molar-refractivity contribution is 6.12. The summed E-state index contributed by atoms with van der Waals surface area (Å²) in [7, 11) is 0. The highest BCUT2D eigenvalue weighted by Gasteiger charge is 2.64. The highest BCUT2D eigenvalue weighted by Crippen LogP contribution is 2.50. The molecule has 3 nitrogen and oxygen atoms in total. The van der Waals surface area contributed by atoms with Crippen LogP contribution in [0.4, 0.5) is 0 Å². The minimum absolute atomic E-state index is 0.219. The fourth-order valence-electron chi connectivity index (χ4n) is 1.87. The highest BCUT2D eigenvalue weighted by atomic mass is 16.6. The van der Waals surface area contributed by atoms with Gasteiger partial charge in [-0.05, 0) is 19.4 Å². The second-order valence-corrected chi connectivity index (χ2v) is 3.76. The number of hydrogen-bond acceptors (Lipinski definition) is 3. The summed E-state index contributed by atoms with van der Waals surface area (Å²) in [5.74, 6) is -0.437. The van der Waals surface area contributed by atoms with Gasteiger partial charge in [0.05, 0.1) is 0 Å². The van der Waals surface area contributed by atoms with E-state index in [0.717, 1.165) is 5.56 Å². The first-order valence-electron chi connectivity index (χ1n) is 4.84. The maximum Gasteiger partial charge on any atom is 0.214 e. The van der Waals surface area contributed by atoms with E-state index < -0.39 is 11.7 Å². The van der Waals surface area contributed by atoms with Gasteiger partial charge in [-0.2, -0.15) is 0 Å². The molecule has 1 saturated heterocycles. The van der Waals surface area contributed by atoms with Crippen molar-refractivity contribution in [3.8, 4) is 0 Å². The lowest BCUT2D eigenvalue weighted by molar-refractivity contribution is -0.132. The van der Waals surface area contributed by atoms with E-state index in [4.69, 9.17) is 4.74 Å². The van der Waals surface area contributed by atoms with Crippen molar-refractivity contribution in [2.45, 2.75) is 25.6 Å². The molecule has 1 fully saturated rings. The number of Topliss-reactive ketones (excluding diaryl/α,β-unsaturated/α-hetero) is 2. The number of epoxide rings is 1. The fourth-order valence-corrected chi connectivity index (χ4v) is 1.87. The summed E-state index contributed by atoms with van der Waals surface area (Å²) in [6.45, 7) is 2.79. The summed E-state index contributed by atoms with van der Waals surface area (Å²) >= 11 is 0. The number of carbonyl (C=O) groups excluding carboxylic acids is 2. The smallest absolute Gasteiger partial charge is 0.214 e. The Hall–Kier alpha value is -1.48. The van der Waals surface area contributed by atoms with Gasteiger partial charge in [-0.25, -0.2) is 0 Å². The third kappa shape index (κ3) is 1.39. The summed E-state index contributed by atoms with van der Waals surface area (Å²) in [5, 5.41) is 0. The Kier molecular flexibility index (Phi) is 2.20. The van der Waals surface area contributed by atoms with Gasteiger partial charge < -0.3 is 4.74 Å². The molecule has 2 rings (SSSR count). The van der Waals surface area contributed by atoms with Crippen LogP contribution in [0.3, 0.4) is 0 Å². The van der Waals surface area contributed by atoms with Crippen LogP contribution in [0, 0.1) is 0 Å². The predicted octanol–water partition coefficient (Wildman–Crippen LogP) is 1.67. The van der Waals surface area contributed by atoms with E-state index in [2.05, 4.69) is 0 Å². The van der Waals surface area contributed by atoms with Crippen molar-refractivity contribution in [2.24, 2.45) is 0 Å². The molecule has 3 heteroatoms. The molecule has 78 valence electrons. The molecule has 1 unspecified atom stereocenters. The van der Waals surface area contributed by atoms with Crippen molar-refractivity contribution >= 4 is 11.6 Å². The number of ketones is 2. The molecule has 0 radical (unpaired) electrons. The van der Waals surface area contributed by atoms with Gasteiger partial charge in [0.1, 0.15) is 6.10 Å². The summed E-state index contributed by atoms with van der Waals surface area (Å²) in [4.78, 5) is 22.8. The molecular weight excluding hydrogens is 192 g/mol. The van der Waals surface area contributed by atoms with Gasteiger partial charge in [-0.15, -0.1) is 0 Å². The summed E-state index contributed by atoms with van der Waals surface area (Å²) in [5.41, 5.74) is -0.329. The van der Waals surface area contributed by atoms with Crippen LogP contribution in [0.5, 0.6) is 0 Å². The average Bonchev–Trinajstić information content (AvgIpc) is 2.95. The molecule has 0 spiro atoms. The molecule has 1 aliphatic heterocycles. The first-order chi connectivity index (χ1) is 7.09. The van der Waals surface area contributed by atoms with Crippen molar-refractivity contribution in [3.05, 3.63) is 35.9 Å². The zero-order valence-electron chi connectivity index (χ0n) is 8.69. The first kappa shape index (κ1) is 10.1. The van der Waals surface area contributed by atoms with Gasteiger partial charge in [0.2, 0.25) is 5.60 Å². The predicted molar refractivity (Wildman–Crippen MR) is 54.4 cm³/mol. The molecule has 0 bridgehead atoms. The molecule has 15 heavy (non-hydrogen) atoms. The Morgan fingerprint density at radius 3 is 2.07 bits per heavy atom. The number of carbonyl (C=O) groups is 2. The lowest BCUT2D eigenvalue weighted by atomic mass is 9.92. The third-order valence-corrected chi connectivity index (χ3v) is 2.76. The molecule has 0 aliphatic carbocycles. The van der Waals surface area contributed by atoms with E-state index >= 15 is 0 Å². The third-order valence-electron chi connectivity index (χ3n) is 2.76. The standard InChI is InChI=1S/C12H12O3/c1-8(13)12(9(2)14)11(15-12)10-6-4-3-5-7-10/h3-7,11H,1-2H3. The Balaban J connectivity index is 2.31. The van der Waals surface area contributed by atoms with Crippen LogP contribution < -0.4 is 0 Å². The van der Waals surface area contributed by atoms with E-state index in [0.29, 0.717) is 0 Å². The average molecular weight is 204 g/mol. The van der Waals surface area contributed by atoms with Crippen molar-refractivity contribution in [1.82, 2.24) is 0 Å². The Bertz CT molecular complexity index is 394. The van der Waals surface area contributed by atoms with Gasteiger partial charge in [0.15, 0.2) is 11.6 Å². The van der Waals surface area contributed by atoms with Crippen LogP contribution in [-0.2, 0) is 14.3 Å². The number of benzene rings is 1. The summed E-state index contributed by atoms with van der Waals surface area (Å²) < 4.78 is 5.31. The molecule has 0 saturated carbocycles. The number of rotatable bonds is 3. The SMILES string of the molecule is CC(=O)C1(C(C)=O)OC1c1ccccc1. The van der Waals surface area contributed by atoms with E-state index in [9.17, 15) is 9.59 Å². The van der Waals surface area contributed by atoms with Crippen LogP contribution in [0.2, 0.25) is 0 Å². The molecule has 1 aromatic carbocycles. The molecule has 1 atom stereocenters. The first-order valence-corrected chi connectivity index (χ1v) is 4.84. The molecule has 0 N–H and O–H groups in total. The Morgan fingerprint density at radius 2 is 1.67 bits per heavy atom. The molecular formula is C12H12O3. The lowest BCUT2D eigenvalue weighted by Crippen LogP contribution is -2.31. The number of ether oxygens (including phenoxy) is 1. The molecule has 1 heterocycles. The largest absolute Gasteiger partial charge is 0.344 e. The van der Waals surface area contributed by atoms with Gasteiger partial charge in [0.25, 0.3) is 0 Å². The van der Waals surface area contributed by atoms with E-state index in [-0.39, 0.29) is 11.6 Å². The molecule has 1 aliphatic rings. The van der Waals surface area contributed by atoms with Crippen molar-refractivity contribution < 1.29 is 14.3 Å². The van der Waals surface area contributed by atoms with Gasteiger partial charge in [-0.1, -0.05) is 30.3 Å². The summed E-state index contributed by atoms with van der Waals surface area (Å²) in [6.07, 6.45) is -0.395. The van der Waals surface area contributed by atoms with Gasteiger partial charge >= 0.3 is 0 Å². The minimum atomic E-state index is -1.21. The molecule has 0 aromatic heterocycles. The van der Waals surface area contributed by atoms with Crippen LogP contribution in [0.15, 0.2) is 30.3 Å². The maximum absolute atomic E-state index is 11.4. The Morgan fingerprint density at radius 1 is 1.13 bits per heavy atom. The normalized spacial score (nSPS) is 22.1. The van der Waals surface area contributed by atoms with Gasteiger partial charge in [-0.3, -0.25) is 9.59 Å². The topological polar surface area (TPSA) is 46.7 Å². The van der Waals surface area contributed by atoms with E-state index in [1.807, 2.05) is 30.3 Å². The second-order valence-electron chi connectivity index (χ2n) is 3.76. The molecule has 1 aromatic rings. The zero-order chi connectivity index (χ0) is 11.1. The quantitative estimate of drug-likeness (QED) is 0.555. The lowest BCUT2D eigenvalue weighted by Gasteiger charge is -2.03. The Labute approximate surface area is 88.1 Å². The van der Waals surface area contributed by atoms with Crippen molar-refractivity contribution in [2.75, 3.05) is 0 Å².